The van der Waals surface area contributed by atoms with Crippen molar-refractivity contribution in [1.82, 2.24) is 4.98 Å². The molecule has 0 unspecified atom stereocenters. The molecule has 0 aliphatic heterocycles. The van der Waals surface area contributed by atoms with Crippen LogP contribution in [0.15, 0.2) is 54.7 Å². The summed E-state index contributed by atoms with van der Waals surface area (Å²) in [5.41, 5.74) is 5.69. The highest BCUT2D eigenvalue weighted by atomic mass is 35.5. The van der Waals surface area contributed by atoms with Gasteiger partial charge in [0, 0.05) is 11.8 Å². The number of pyridine rings is 1. The number of rotatable bonds is 6. The summed E-state index contributed by atoms with van der Waals surface area (Å²) in [4.78, 5) is 16.0. The van der Waals surface area contributed by atoms with Gasteiger partial charge >= 0.3 is 5.97 Å². The maximum Gasteiger partial charge on any atom is 0.335 e. The SMILES string of the molecule is Cc1ccc(C2=C(c3cc(Cl)cnc3OCc3ccc(F)cc3)CCC2)cc1C(=O)O. The van der Waals surface area contributed by atoms with Crippen molar-refractivity contribution in [3.8, 4) is 5.88 Å². The van der Waals surface area contributed by atoms with E-state index in [1.807, 2.05) is 18.2 Å². The summed E-state index contributed by atoms with van der Waals surface area (Å²) in [6.45, 7) is 2.04. The maximum absolute atomic E-state index is 13.2. The molecule has 0 amide bonds. The molecule has 0 bridgehead atoms. The van der Waals surface area contributed by atoms with Crippen molar-refractivity contribution in [2.75, 3.05) is 0 Å². The molecule has 0 radical (unpaired) electrons. The van der Waals surface area contributed by atoms with Crippen LogP contribution in [0.4, 0.5) is 4.39 Å². The number of aromatic nitrogens is 1. The number of ether oxygens (including phenoxy) is 1. The lowest BCUT2D eigenvalue weighted by Crippen LogP contribution is -2.02. The van der Waals surface area contributed by atoms with E-state index in [0.717, 1.165) is 52.7 Å². The van der Waals surface area contributed by atoms with Gasteiger partial charge in [0.25, 0.3) is 0 Å². The van der Waals surface area contributed by atoms with Gasteiger partial charge in [0.05, 0.1) is 10.6 Å². The number of halogens is 2. The average Bonchev–Trinajstić information content (AvgIpc) is 3.24. The number of carbonyl (C=O) groups is 1. The van der Waals surface area contributed by atoms with Crippen molar-refractivity contribution >= 4 is 28.7 Å². The van der Waals surface area contributed by atoms with E-state index in [1.165, 1.54) is 18.3 Å². The third-order valence-corrected chi connectivity index (χ3v) is 5.67. The minimum atomic E-state index is -0.938. The molecule has 1 aliphatic carbocycles. The van der Waals surface area contributed by atoms with E-state index in [2.05, 4.69) is 4.98 Å². The van der Waals surface area contributed by atoms with Gasteiger partial charge in [-0.1, -0.05) is 35.9 Å². The largest absolute Gasteiger partial charge is 0.478 e. The first-order valence-electron chi connectivity index (χ1n) is 10.0. The van der Waals surface area contributed by atoms with E-state index in [0.29, 0.717) is 16.5 Å². The molecule has 0 spiro atoms. The summed E-state index contributed by atoms with van der Waals surface area (Å²) in [6, 6.07) is 13.5. The summed E-state index contributed by atoms with van der Waals surface area (Å²) in [5, 5.41) is 10.0. The highest BCUT2D eigenvalue weighted by Gasteiger charge is 2.23. The first kappa shape index (κ1) is 21.1. The molecule has 0 atom stereocenters. The predicted molar refractivity (Wildman–Crippen MR) is 119 cm³/mol. The second kappa shape index (κ2) is 8.90. The lowest BCUT2D eigenvalue weighted by atomic mass is 9.95. The molecule has 2 aromatic carbocycles. The molecule has 31 heavy (non-hydrogen) atoms. The van der Waals surface area contributed by atoms with Gasteiger partial charge in [-0.2, -0.15) is 0 Å². The van der Waals surface area contributed by atoms with Crippen LogP contribution in [0.2, 0.25) is 5.02 Å². The lowest BCUT2D eigenvalue weighted by molar-refractivity contribution is 0.0696. The van der Waals surface area contributed by atoms with Gasteiger partial charge in [-0.05, 0) is 78.3 Å². The van der Waals surface area contributed by atoms with E-state index in [-0.39, 0.29) is 12.4 Å². The molecule has 3 aromatic rings. The topological polar surface area (TPSA) is 59.4 Å². The molecule has 1 heterocycles. The predicted octanol–water partition coefficient (Wildman–Crippen LogP) is 6.55. The molecule has 0 saturated carbocycles. The number of hydrogen-bond donors (Lipinski definition) is 1. The number of allylic oxidation sites excluding steroid dienone is 2. The maximum atomic E-state index is 13.2. The van der Waals surface area contributed by atoms with Crippen LogP contribution in [-0.4, -0.2) is 16.1 Å². The van der Waals surface area contributed by atoms with Crippen molar-refractivity contribution in [2.45, 2.75) is 32.8 Å². The Hall–Kier alpha value is -3.18. The molecule has 1 N–H and O–H groups in total. The fourth-order valence-corrected chi connectivity index (χ4v) is 4.05. The first-order valence-corrected chi connectivity index (χ1v) is 10.4. The summed E-state index contributed by atoms with van der Waals surface area (Å²) >= 11 is 6.25. The Morgan fingerprint density at radius 2 is 1.87 bits per heavy atom. The quantitative estimate of drug-likeness (QED) is 0.474. The minimum Gasteiger partial charge on any atom is -0.478 e. The number of carboxylic acid groups (broad SMARTS) is 1. The van der Waals surface area contributed by atoms with E-state index >= 15 is 0 Å². The zero-order chi connectivity index (χ0) is 22.0. The van der Waals surface area contributed by atoms with Crippen LogP contribution in [-0.2, 0) is 6.61 Å². The van der Waals surface area contributed by atoms with Crippen LogP contribution < -0.4 is 4.74 Å². The Labute approximate surface area is 185 Å². The molecular formula is C25H21ClFNO3. The monoisotopic (exact) mass is 437 g/mol. The lowest BCUT2D eigenvalue weighted by Gasteiger charge is -2.15. The fourth-order valence-electron chi connectivity index (χ4n) is 3.89. The molecule has 158 valence electrons. The van der Waals surface area contributed by atoms with Crippen LogP contribution in [0, 0.1) is 12.7 Å². The number of aromatic carboxylic acids is 1. The van der Waals surface area contributed by atoms with Gasteiger partial charge in [0.1, 0.15) is 12.4 Å². The van der Waals surface area contributed by atoms with Crippen LogP contribution in [0.5, 0.6) is 5.88 Å². The molecule has 1 aromatic heterocycles. The van der Waals surface area contributed by atoms with Crippen molar-refractivity contribution in [2.24, 2.45) is 0 Å². The standard InChI is InChI=1S/C25H21ClFNO3/c1-15-5-8-17(11-22(15)25(29)30)20-3-2-4-21(20)23-12-18(26)13-28-24(23)31-14-16-6-9-19(27)10-7-16/h5-13H,2-4,14H2,1H3,(H,29,30). The highest BCUT2D eigenvalue weighted by Crippen LogP contribution is 2.43. The number of aryl methyl sites for hydroxylation is 1. The van der Waals surface area contributed by atoms with E-state index in [9.17, 15) is 14.3 Å². The highest BCUT2D eigenvalue weighted by molar-refractivity contribution is 6.30. The number of benzene rings is 2. The Kier molecular flexibility index (Phi) is 6.05. The van der Waals surface area contributed by atoms with Crippen molar-refractivity contribution in [3.05, 3.63) is 93.4 Å². The number of hydrogen-bond acceptors (Lipinski definition) is 3. The zero-order valence-electron chi connectivity index (χ0n) is 17.0. The Bertz CT molecular complexity index is 1170. The normalized spacial score (nSPS) is 13.5. The second-order valence-corrected chi connectivity index (χ2v) is 8.00. The Balaban J connectivity index is 1.72. The van der Waals surface area contributed by atoms with Crippen LogP contribution in [0.3, 0.4) is 0 Å². The molecule has 4 nitrogen and oxygen atoms in total. The van der Waals surface area contributed by atoms with Crippen molar-refractivity contribution < 1.29 is 19.0 Å². The van der Waals surface area contributed by atoms with Gasteiger partial charge in [0.15, 0.2) is 0 Å². The minimum absolute atomic E-state index is 0.248. The van der Waals surface area contributed by atoms with Gasteiger partial charge in [0.2, 0.25) is 5.88 Å². The average molecular weight is 438 g/mol. The Morgan fingerprint density at radius 1 is 1.13 bits per heavy atom. The number of nitrogens with zero attached hydrogens (tertiary/aromatic N) is 1. The second-order valence-electron chi connectivity index (χ2n) is 7.57. The molecule has 1 aliphatic rings. The summed E-state index contributed by atoms with van der Waals surface area (Å²) in [7, 11) is 0. The molecular weight excluding hydrogens is 417 g/mol. The van der Waals surface area contributed by atoms with Gasteiger partial charge in [-0.3, -0.25) is 0 Å². The van der Waals surface area contributed by atoms with Gasteiger partial charge in [-0.25, -0.2) is 14.2 Å². The zero-order valence-corrected chi connectivity index (χ0v) is 17.7. The molecule has 0 saturated heterocycles. The summed E-state index contributed by atoms with van der Waals surface area (Å²) < 4.78 is 19.1. The fraction of sp³-hybridized carbons (Fsp3) is 0.200. The molecule has 6 heteroatoms. The van der Waals surface area contributed by atoms with E-state index in [4.69, 9.17) is 16.3 Å². The van der Waals surface area contributed by atoms with E-state index in [1.54, 1.807) is 25.1 Å². The van der Waals surface area contributed by atoms with Crippen LogP contribution >= 0.6 is 11.6 Å². The summed E-state index contributed by atoms with van der Waals surface area (Å²) in [5.74, 6) is -0.783. The first-order chi connectivity index (χ1) is 14.9. The number of carboxylic acids is 1. The van der Waals surface area contributed by atoms with Gasteiger partial charge < -0.3 is 9.84 Å². The van der Waals surface area contributed by atoms with Crippen molar-refractivity contribution in [1.29, 1.82) is 0 Å². The van der Waals surface area contributed by atoms with Crippen LogP contribution in [0.25, 0.3) is 11.1 Å². The van der Waals surface area contributed by atoms with Crippen LogP contribution in [0.1, 0.15) is 51.9 Å². The third-order valence-electron chi connectivity index (χ3n) is 5.47. The third kappa shape index (κ3) is 4.62. The molecule has 4 rings (SSSR count). The van der Waals surface area contributed by atoms with Gasteiger partial charge in [-0.15, -0.1) is 0 Å². The Morgan fingerprint density at radius 3 is 2.61 bits per heavy atom. The van der Waals surface area contributed by atoms with E-state index < -0.39 is 5.97 Å². The summed E-state index contributed by atoms with van der Waals surface area (Å²) in [6.07, 6.45) is 4.14. The molecule has 0 fully saturated rings. The smallest absolute Gasteiger partial charge is 0.335 e. The van der Waals surface area contributed by atoms with Crippen molar-refractivity contribution in [3.63, 3.8) is 0 Å².